The van der Waals surface area contributed by atoms with Gasteiger partial charge in [0, 0.05) is 4.47 Å². The third-order valence-corrected chi connectivity index (χ3v) is 3.34. The molecular formula is C15H14BrNO2. The Balaban J connectivity index is 2.13. The van der Waals surface area contributed by atoms with Gasteiger partial charge < -0.3 is 10.4 Å². The molecule has 0 fully saturated rings. The predicted molar refractivity (Wildman–Crippen MR) is 78.1 cm³/mol. The molecule has 19 heavy (non-hydrogen) atoms. The molecule has 2 N–H and O–H groups in total. The Morgan fingerprint density at radius 3 is 2.63 bits per heavy atom. The van der Waals surface area contributed by atoms with Crippen molar-refractivity contribution in [2.24, 2.45) is 0 Å². The molecule has 2 aromatic carbocycles. The first kappa shape index (κ1) is 13.6. The maximum atomic E-state index is 12.1. The quantitative estimate of drug-likeness (QED) is 0.907. The number of para-hydroxylation sites is 1. The zero-order chi connectivity index (χ0) is 13.8. The molecule has 0 radical (unpaired) electrons. The Labute approximate surface area is 120 Å². The molecule has 2 aromatic rings. The summed E-state index contributed by atoms with van der Waals surface area (Å²) in [5, 5.41) is 12.5. The van der Waals surface area contributed by atoms with Crippen molar-refractivity contribution in [2.75, 3.05) is 0 Å². The summed E-state index contributed by atoms with van der Waals surface area (Å²) in [6.45, 7) is 1.90. The highest BCUT2D eigenvalue weighted by molar-refractivity contribution is 9.10. The van der Waals surface area contributed by atoms with Crippen molar-refractivity contribution < 1.29 is 9.90 Å². The average molecular weight is 320 g/mol. The molecule has 1 unspecified atom stereocenters. The second-order valence-electron chi connectivity index (χ2n) is 4.27. The van der Waals surface area contributed by atoms with E-state index >= 15 is 0 Å². The van der Waals surface area contributed by atoms with E-state index in [0.717, 1.165) is 10.0 Å². The number of aromatic hydroxyl groups is 1. The van der Waals surface area contributed by atoms with Crippen LogP contribution < -0.4 is 5.32 Å². The van der Waals surface area contributed by atoms with Crippen molar-refractivity contribution in [3.63, 3.8) is 0 Å². The molecule has 0 heterocycles. The molecule has 3 nitrogen and oxygen atoms in total. The number of nitrogens with one attached hydrogen (secondary N) is 1. The molecule has 0 saturated heterocycles. The zero-order valence-corrected chi connectivity index (χ0v) is 12.0. The number of carbonyl (C=O) groups is 1. The molecule has 2 rings (SSSR count). The van der Waals surface area contributed by atoms with Crippen molar-refractivity contribution in [3.05, 3.63) is 64.1 Å². The fourth-order valence-corrected chi connectivity index (χ4v) is 2.22. The monoisotopic (exact) mass is 319 g/mol. The summed E-state index contributed by atoms with van der Waals surface area (Å²) < 4.78 is 0.966. The Bertz CT molecular complexity index is 598. The summed E-state index contributed by atoms with van der Waals surface area (Å²) in [7, 11) is 0. The van der Waals surface area contributed by atoms with Crippen LogP contribution in [0, 0.1) is 0 Å². The number of phenols is 1. The van der Waals surface area contributed by atoms with Crippen molar-refractivity contribution in [3.8, 4) is 5.75 Å². The number of benzene rings is 2. The lowest BCUT2D eigenvalue weighted by atomic mass is 10.1. The number of amides is 1. The number of rotatable bonds is 3. The van der Waals surface area contributed by atoms with Crippen LogP contribution >= 0.6 is 15.9 Å². The molecule has 1 atom stereocenters. The van der Waals surface area contributed by atoms with Crippen LogP contribution in [0.5, 0.6) is 5.75 Å². The van der Waals surface area contributed by atoms with Crippen LogP contribution in [0.4, 0.5) is 0 Å². The van der Waals surface area contributed by atoms with Crippen molar-refractivity contribution >= 4 is 21.8 Å². The number of hydrogen-bond acceptors (Lipinski definition) is 2. The Morgan fingerprint density at radius 1 is 1.21 bits per heavy atom. The van der Waals surface area contributed by atoms with Gasteiger partial charge in [0.25, 0.3) is 5.91 Å². The largest absolute Gasteiger partial charge is 0.507 e. The second kappa shape index (κ2) is 5.89. The molecular weight excluding hydrogens is 306 g/mol. The fourth-order valence-electron chi connectivity index (χ4n) is 1.80. The Morgan fingerprint density at radius 2 is 1.95 bits per heavy atom. The van der Waals surface area contributed by atoms with Gasteiger partial charge in [0.05, 0.1) is 11.6 Å². The van der Waals surface area contributed by atoms with E-state index in [9.17, 15) is 9.90 Å². The van der Waals surface area contributed by atoms with Gasteiger partial charge in [-0.25, -0.2) is 0 Å². The average Bonchev–Trinajstić information content (AvgIpc) is 2.39. The van der Waals surface area contributed by atoms with E-state index in [1.807, 2.05) is 31.2 Å². The molecule has 0 aromatic heterocycles. The fraction of sp³-hybridized carbons (Fsp3) is 0.133. The van der Waals surface area contributed by atoms with Crippen LogP contribution in [0.3, 0.4) is 0 Å². The molecule has 98 valence electrons. The lowest BCUT2D eigenvalue weighted by Gasteiger charge is -2.15. The third-order valence-electron chi connectivity index (χ3n) is 2.84. The molecule has 0 saturated carbocycles. The number of halogens is 1. The molecule has 0 aliphatic carbocycles. The van der Waals surface area contributed by atoms with Crippen molar-refractivity contribution in [1.29, 1.82) is 0 Å². The van der Waals surface area contributed by atoms with Gasteiger partial charge >= 0.3 is 0 Å². The van der Waals surface area contributed by atoms with Gasteiger partial charge in [-0.1, -0.05) is 40.2 Å². The van der Waals surface area contributed by atoms with Gasteiger partial charge in [0.15, 0.2) is 0 Å². The van der Waals surface area contributed by atoms with E-state index in [0.29, 0.717) is 0 Å². The summed E-state index contributed by atoms with van der Waals surface area (Å²) in [6.07, 6.45) is 0. The highest BCUT2D eigenvalue weighted by Crippen LogP contribution is 2.20. The maximum absolute atomic E-state index is 12.1. The van der Waals surface area contributed by atoms with Gasteiger partial charge in [-0.15, -0.1) is 0 Å². The van der Waals surface area contributed by atoms with Crippen molar-refractivity contribution in [1.82, 2.24) is 5.32 Å². The summed E-state index contributed by atoms with van der Waals surface area (Å²) >= 11 is 3.40. The summed E-state index contributed by atoms with van der Waals surface area (Å²) in [5.74, 6) is -0.299. The highest BCUT2D eigenvalue weighted by atomic mass is 79.9. The Hall–Kier alpha value is -1.81. The minimum absolute atomic E-state index is 0.0126. The second-order valence-corrected chi connectivity index (χ2v) is 5.18. The van der Waals surface area contributed by atoms with E-state index in [1.54, 1.807) is 18.2 Å². The van der Waals surface area contributed by atoms with E-state index in [4.69, 9.17) is 0 Å². The lowest BCUT2D eigenvalue weighted by Crippen LogP contribution is -2.26. The van der Waals surface area contributed by atoms with Crippen LogP contribution in [0.25, 0.3) is 0 Å². The maximum Gasteiger partial charge on any atom is 0.255 e. The highest BCUT2D eigenvalue weighted by Gasteiger charge is 2.14. The lowest BCUT2D eigenvalue weighted by molar-refractivity contribution is 0.0937. The van der Waals surface area contributed by atoms with Crippen molar-refractivity contribution in [2.45, 2.75) is 13.0 Å². The molecule has 0 aliphatic heterocycles. The van der Waals surface area contributed by atoms with E-state index < -0.39 is 0 Å². The first-order valence-electron chi connectivity index (χ1n) is 5.92. The smallest absolute Gasteiger partial charge is 0.255 e. The van der Waals surface area contributed by atoms with Gasteiger partial charge in [0.2, 0.25) is 0 Å². The minimum atomic E-state index is -0.287. The minimum Gasteiger partial charge on any atom is -0.507 e. The SMILES string of the molecule is CC(NC(=O)c1ccccc1O)c1cccc(Br)c1. The van der Waals surface area contributed by atoms with Crippen LogP contribution in [0.1, 0.15) is 28.9 Å². The Kier molecular flexibility index (Phi) is 4.22. The number of carbonyl (C=O) groups excluding carboxylic acids is 1. The van der Waals surface area contributed by atoms with E-state index in [1.165, 1.54) is 6.07 Å². The van der Waals surface area contributed by atoms with Gasteiger partial charge in [0.1, 0.15) is 5.75 Å². The first-order chi connectivity index (χ1) is 9.08. The third kappa shape index (κ3) is 3.35. The molecule has 4 heteroatoms. The predicted octanol–water partition coefficient (Wildman–Crippen LogP) is 3.65. The first-order valence-corrected chi connectivity index (χ1v) is 6.71. The number of phenolic OH excluding ortho intramolecular Hbond substituents is 1. The van der Waals surface area contributed by atoms with Crippen LogP contribution in [0.15, 0.2) is 53.0 Å². The van der Waals surface area contributed by atoms with Crippen LogP contribution in [-0.4, -0.2) is 11.0 Å². The normalized spacial score (nSPS) is 11.9. The van der Waals surface area contributed by atoms with Crippen LogP contribution in [0.2, 0.25) is 0 Å². The standard InChI is InChI=1S/C15H14BrNO2/c1-10(11-5-4-6-12(16)9-11)17-15(19)13-7-2-3-8-14(13)18/h2-10,18H,1H3,(H,17,19). The topological polar surface area (TPSA) is 49.3 Å². The molecule has 0 bridgehead atoms. The van der Waals surface area contributed by atoms with Gasteiger partial charge in [-0.2, -0.15) is 0 Å². The van der Waals surface area contributed by atoms with Crippen LogP contribution in [-0.2, 0) is 0 Å². The molecule has 0 aliphatic rings. The van der Waals surface area contributed by atoms with Gasteiger partial charge in [-0.3, -0.25) is 4.79 Å². The molecule has 1 amide bonds. The molecule has 0 spiro atoms. The van der Waals surface area contributed by atoms with Gasteiger partial charge in [-0.05, 0) is 36.8 Å². The zero-order valence-electron chi connectivity index (χ0n) is 10.4. The van der Waals surface area contributed by atoms with E-state index in [-0.39, 0.29) is 23.3 Å². The number of hydrogen-bond donors (Lipinski definition) is 2. The summed E-state index contributed by atoms with van der Waals surface area (Å²) in [5.41, 5.74) is 1.28. The van der Waals surface area contributed by atoms with E-state index in [2.05, 4.69) is 21.2 Å². The summed E-state index contributed by atoms with van der Waals surface area (Å²) in [6, 6.07) is 14.1. The summed E-state index contributed by atoms with van der Waals surface area (Å²) in [4.78, 5) is 12.1.